The van der Waals surface area contributed by atoms with E-state index < -0.39 is 5.91 Å². The molecule has 0 bridgehead atoms. The number of aromatic nitrogens is 1. The van der Waals surface area contributed by atoms with Gasteiger partial charge in [-0.3, -0.25) is 9.59 Å². The summed E-state index contributed by atoms with van der Waals surface area (Å²) in [4.78, 5) is 29.6. The second kappa shape index (κ2) is 8.85. The van der Waals surface area contributed by atoms with Crippen LogP contribution in [0.1, 0.15) is 46.5 Å². The summed E-state index contributed by atoms with van der Waals surface area (Å²) in [6.45, 7) is 0.909. The highest BCUT2D eigenvalue weighted by Gasteiger charge is 2.25. The van der Waals surface area contributed by atoms with Gasteiger partial charge in [-0.1, -0.05) is 36.8 Å². The third kappa shape index (κ3) is 4.32. The van der Waals surface area contributed by atoms with Gasteiger partial charge in [0.2, 0.25) is 5.91 Å². The van der Waals surface area contributed by atoms with E-state index in [9.17, 15) is 14.0 Å². The number of hydrogen-bond acceptors (Lipinski definition) is 5. The van der Waals surface area contributed by atoms with Gasteiger partial charge in [0.05, 0.1) is 4.88 Å². The Kier molecular flexibility index (Phi) is 6.01. The molecule has 7 heteroatoms. The molecule has 2 heterocycles. The van der Waals surface area contributed by atoms with Crippen molar-refractivity contribution in [3.05, 3.63) is 65.6 Å². The van der Waals surface area contributed by atoms with Gasteiger partial charge in [-0.2, -0.15) is 0 Å². The number of rotatable bonds is 6. The molecule has 1 aliphatic heterocycles. The number of thiazole rings is 1. The first kappa shape index (κ1) is 20.4. The van der Waals surface area contributed by atoms with Crippen LogP contribution in [0.15, 0.2) is 48.5 Å². The van der Waals surface area contributed by atoms with Crippen LogP contribution in [0.3, 0.4) is 0 Å². The molecule has 3 aromatic rings. The molecule has 1 saturated heterocycles. The molecule has 1 fully saturated rings. The molecule has 0 radical (unpaired) electrons. The van der Waals surface area contributed by atoms with Crippen LogP contribution in [0, 0.1) is 5.82 Å². The number of carbonyl (C=O) groups excluding carboxylic acids is 2. The van der Waals surface area contributed by atoms with E-state index in [4.69, 9.17) is 5.73 Å². The predicted octanol–water partition coefficient (Wildman–Crippen LogP) is 4.43. The van der Waals surface area contributed by atoms with Crippen LogP contribution in [-0.2, 0) is 0 Å². The zero-order valence-electron chi connectivity index (χ0n) is 16.4. The molecule has 0 saturated carbocycles. The van der Waals surface area contributed by atoms with Crippen molar-refractivity contribution in [3.8, 4) is 21.0 Å². The Morgan fingerprint density at radius 3 is 2.57 bits per heavy atom. The Morgan fingerprint density at radius 1 is 1.13 bits per heavy atom. The van der Waals surface area contributed by atoms with E-state index >= 15 is 0 Å². The SMILES string of the molecule is NC(=O)c1ccc(-c2nc(C(=O)CC3CCCCN3)c(-c3ccccc3F)s2)cc1. The first-order chi connectivity index (χ1) is 14.5. The smallest absolute Gasteiger partial charge is 0.248 e. The molecule has 3 N–H and O–H groups in total. The molecule has 0 spiro atoms. The minimum atomic E-state index is -0.511. The number of benzene rings is 2. The number of Topliss-reactive ketones (excluding diaryl/α,β-unsaturated/α-hetero) is 1. The standard InChI is InChI=1S/C23H22FN3O2S/c24-18-7-2-1-6-17(18)21-20(19(28)13-16-5-3-4-12-26-16)27-23(30-21)15-10-8-14(9-11-15)22(25)29/h1-2,6-11,16,26H,3-5,12-13H2,(H2,25,29). The maximum absolute atomic E-state index is 14.5. The van der Waals surface area contributed by atoms with Crippen molar-refractivity contribution in [2.75, 3.05) is 6.54 Å². The molecule has 1 atom stereocenters. The highest BCUT2D eigenvalue weighted by atomic mass is 32.1. The van der Waals surface area contributed by atoms with Crippen LogP contribution >= 0.6 is 11.3 Å². The van der Waals surface area contributed by atoms with Gasteiger partial charge in [0, 0.05) is 29.2 Å². The molecule has 5 nitrogen and oxygen atoms in total. The molecular weight excluding hydrogens is 401 g/mol. The summed E-state index contributed by atoms with van der Waals surface area (Å²) in [5.74, 6) is -0.992. The Labute approximate surface area is 178 Å². The molecule has 2 aromatic carbocycles. The summed E-state index contributed by atoms with van der Waals surface area (Å²) in [6.07, 6.45) is 3.50. The fourth-order valence-electron chi connectivity index (χ4n) is 3.66. The molecule has 1 unspecified atom stereocenters. The van der Waals surface area contributed by atoms with E-state index in [0.717, 1.165) is 31.4 Å². The highest BCUT2D eigenvalue weighted by Crippen LogP contribution is 2.37. The minimum absolute atomic E-state index is 0.0936. The van der Waals surface area contributed by atoms with E-state index in [-0.39, 0.29) is 17.6 Å². The lowest BCUT2D eigenvalue weighted by molar-refractivity contribution is 0.0958. The maximum Gasteiger partial charge on any atom is 0.248 e. The van der Waals surface area contributed by atoms with E-state index in [1.165, 1.54) is 17.4 Å². The van der Waals surface area contributed by atoms with Crippen LogP contribution in [0.25, 0.3) is 21.0 Å². The van der Waals surface area contributed by atoms with Crippen LogP contribution in [0.4, 0.5) is 4.39 Å². The quantitative estimate of drug-likeness (QED) is 0.575. The van der Waals surface area contributed by atoms with E-state index in [1.807, 2.05) is 0 Å². The monoisotopic (exact) mass is 423 g/mol. The Balaban J connectivity index is 1.72. The summed E-state index contributed by atoms with van der Waals surface area (Å²) >= 11 is 1.28. The molecule has 1 aromatic heterocycles. The predicted molar refractivity (Wildman–Crippen MR) is 116 cm³/mol. The highest BCUT2D eigenvalue weighted by molar-refractivity contribution is 7.18. The number of nitrogens with one attached hydrogen (secondary N) is 1. The number of amides is 1. The van der Waals surface area contributed by atoms with Gasteiger partial charge >= 0.3 is 0 Å². The van der Waals surface area contributed by atoms with Gasteiger partial charge in [0.15, 0.2) is 5.78 Å². The summed E-state index contributed by atoms with van der Waals surface area (Å²) < 4.78 is 14.5. The second-order valence-corrected chi connectivity index (χ2v) is 8.39. The number of primary amides is 1. The molecule has 0 aliphatic carbocycles. The van der Waals surface area contributed by atoms with Gasteiger partial charge in [-0.15, -0.1) is 11.3 Å². The van der Waals surface area contributed by atoms with Crippen molar-refractivity contribution < 1.29 is 14.0 Å². The first-order valence-corrected chi connectivity index (χ1v) is 10.8. The number of hydrogen-bond donors (Lipinski definition) is 2. The average molecular weight is 424 g/mol. The summed E-state index contributed by atoms with van der Waals surface area (Å²) in [5.41, 5.74) is 7.12. The summed E-state index contributed by atoms with van der Waals surface area (Å²) in [6, 6.07) is 13.3. The molecule has 154 valence electrons. The second-order valence-electron chi connectivity index (χ2n) is 7.39. The van der Waals surface area contributed by atoms with E-state index in [0.29, 0.717) is 33.1 Å². The summed E-state index contributed by atoms with van der Waals surface area (Å²) in [5, 5.41) is 3.98. The lowest BCUT2D eigenvalue weighted by Crippen LogP contribution is -2.35. The van der Waals surface area contributed by atoms with Gasteiger partial charge in [-0.25, -0.2) is 9.37 Å². The van der Waals surface area contributed by atoms with Crippen LogP contribution < -0.4 is 11.1 Å². The van der Waals surface area contributed by atoms with Gasteiger partial charge in [-0.05, 0) is 37.6 Å². The lowest BCUT2D eigenvalue weighted by atomic mass is 9.98. The number of halogens is 1. The topological polar surface area (TPSA) is 85.1 Å². The fourth-order valence-corrected chi connectivity index (χ4v) is 4.77. The third-order valence-corrected chi connectivity index (χ3v) is 6.41. The number of ketones is 1. The van der Waals surface area contributed by atoms with Crippen LogP contribution in [0.5, 0.6) is 0 Å². The molecule has 1 amide bonds. The van der Waals surface area contributed by atoms with E-state index in [2.05, 4.69) is 10.3 Å². The number of carbonyl (C=O) groups is 2. The van der Waals surface area contributed by atoms with Crippen molar-refractivity contribution in [3.63, 3.8) is 0 Å². The maximum atomic E-state index is 14.5. The van der Waals surface area contributed by atoms with Crippen LogP contribution in [-0.4, -0.2) is 29.3 Å². The number of nitrogens with zero attached hydrogens (tertiary/aromatic N) is 1. The Bertz CT molecular complexity index is 1070. The van der Waals surface area contributed by atoms with Crippen molar-refractivity contribution in [1.29, 1.82) is 0 Å². The molecule has 1 aliphatic rings. The molecule has 30 heavy (non-hydrogen) atoms. The van der Waals surface area contributed by atoms with Gasteiger partial charge in [0.1, 0.15) is 16.5 Å². The first-order valence-electron chi connectivity index (χ1n) is 9.95. The number of piperidine rings is 1. The molecule has 4 rings (SSSR count). The Morgan fingerprint density at radius 2 is 1.90 bits per heavy atom. The minimum Gasteiger partial charge on any atom is -0.366 e. The zero-order chi connectivity index (χ0) is 21.1. The fraction of sp³-hybridized carbons (Fsp3) is 0.261. The van der Waals surface area contributed by atoms with Crippen molar-refractivity contribution in [2.24, 2.45) is 5.73 Å². The van der Waals surface area contributed by atoms with Crippen LogP contribution in [0.2, 0.25) is 0 Å². The Hall–Kier alpha value is -2.90. The van der Waals surface area contributed by atoms with E-state index in [1.54, 1.807) is 42.5 Å². The summed E-state index contributed by atoms with van der Waals surface area (Å²) in [7, 11) is 0. The number of nitrogens with two attached hydrogens (primary N) is 1. The molecular formula is C23H22FN3O2S. The lowest BCUT2D eigenvalue weighted by Gasteiger charge is -2.22. The third-order valence-electron chi connectivity index (χ3n) is 5.27. The normalized spacial score (nSPS) is 16.4. The van der Waals surface area contributed by atoms with Gasteiger partial charge < -0.3 is 11.1 Å². The average Bonchev–Trinajstić information content (AvgIpc) is 3.20. The zero-order valence-corrected chi connectivity index (χ0v) is 17.2. The van der Waals surface area contributed by atoms with Crippen molar-refractivity contribution in [1.82, 2.24) is 10.3 Å². The van der Waals surface area contributed by atoms with Crippen molar-refractivity contribution >= 4 is 23.0 Å². The largest absolute Gasteiger partial charge is 0.366 e. The van der Waals surface area contributed by atoms with Crippen molar-refractivity contribution in [2.45, 2.75) is 31.7 Å². The van der Waals surface area contributed by atoms with Gasteiger partial charge in [0.25, 0.3) is 0 Å².